The summed E-state index contributed by atoms with van der Waals surface area (Å²) in [5.41, 5.74) is 13.1. The molecule has 0 fully saturated rings. The molecule has 0 aliphatic carbocycles. The van der Waals surface area contributed by atoms with Crippen molar-refractivity contribution in [2.75, 3.05) is 0 Å². The van der Waals surface area contributed by atoms with Crippen LogP contribution in [0.1, 0.15) is 52.3 Å². The van der Waals surface area contributed by atoms with Crippen molar-refractivity contribution in [1.82, 2.24) is 26.0 Å². The van der Waals surface area contributed by atoms with Crippen LogP contribution in [-0.2, 0) is 18.6 Å². The van der Waals surface area contributed by atoms with Gasteiger partial charge in [0.25, 0.3) is 0 Å². The quantitative estimate of drug-likeness (QED) is 0.211. The molecular weight excluding hydrogens is 484 g/mol. The monoisotopic (exact) mass is 512 g/mol. The largest absolute Gasteiger partial charge is 0.508 e. The number of aliphatic hydroxyl groups is 1. The number of aromatic nitrogens is 2. The number of imidazole rings is 1. The van der Waals surface area contributed by atoms with Crippen molar-refractivity contribution < 1.29 is 20.1 Å². The van der Waals surface area contributed by atoms with Crippen molar-refractivity contribution in [3.63, 3.8) is 0 Å². The van der Waals surface area contributed by atoms with Crippen molar-refractivity contribution in [1.29, 1.82) is 0 Å². The molecule has 1 aromatic heterocycles. The second kappa shape index (κ2) is 10.0. The predicted octanol–water partition coefficient (Wildman–Crippen LogP) is 3.09. The molecule has 0 unspecified atom stereocenters. The fourth-order valence-electron chi connectivity index (χ4n) is 4.48. The third-order valence-electron chi connectivity index (χ3n) is 6.33. The standard InChI is InChI=1S/C28H28N6O4/c1-28(2,38)25-24(27(36)37)34(16-29-25)15-18-3-8-20(9-4-18)23-14-19(13-17-5-10-21(35)11-6-17)7-12-22(23)26-30-32-33-31-26/h3-12,14,16,32-33,35,38H,13,15H2,1-2H3,(H,30,31)(H,36,37). The van der Waals surface area contributed by atoms with Gasteiger partial charge in [-0.25, -0.2) is 15.3 Å². The zero-order chi connectivity index (χ0) is 26.9. The number of aromatic carboxylic acids is 1. The number of phenols is 1. The van der Waals surface area contributed by atoms with E-state index in [4.69, 9.17) is 0 Å². The van der Waals surface area contributed by atoms with Gasteiger partial charge in [0.2, 0.25) is 0 Å². The summed E-state index contributed by atoms with van der Waals surface area (Å²) in [6.07, 6.45) is 2.14. The van der Waals surface area contributed by atoms with Crippen LogP contribution >= 0.6 is 0 Å². The van der Waals surface area contributed by atoms with Gasteiger partial charge in [-0.3, -0.25) is 5.43 Å². The summed E-state index contributed by atoms with van der Waals surface area (Å²) in [5, 5.41) is 33.9. The first kappa shape index (κ1) is 25.0. The molecule has 0 amide bonds. The number of carbonyl (C=O) groups is 1. The molecule has 0 spiro atoms. The minimum Gasteiger partial charge on any atom is -0.508 e. The summed E-state index contributed by atoms with van der Waals surface area (Å²) in [6.45, 7) is 3.33. The Labute approximate surface area is 219 Å². The van der Waals surface area contributed by atoms with Crippen molar-refractivity contribution in [2.45, 2.75) is 32.4 Å². The van der Waals surface area contributed by atoms with Gasteiger partial charge >= 0.3 is 5.97 Å². The molecule has 38 heavy (non-hydrogen) atoms. The zero-order valence-electron chi connectivity index (χ0n) is 20.9. The Balaban J connectivity index is 1.46. The normalized spacial score (nSPS) is 13.1. The number of nitrogens with zero attached hydrogens (tertiary/aromatic N) is 3. The maximum atomic E-state index is 11.9. The van der Waals surface area contributed by atoms with Gasteiger partial charge in [0.1, 0.15) is 17.0 Å². The number of hydrazone groups is 1. The molecule has 0 radical (unpaired) electrons. The second-order valence-corrected chi connectivity index (χ2v) is 9.68. The summed E-state index contributed by atoms with van der Waals surface area (Å²) in [6, 6.07) is 21.2. The van der Waals surface area contributed by atoms with Gasteiger partial charge in [0.15, 0.2) is 11.5 Å². The molecule has 10 heteroatoms. The number of aromatic hydroxyl groups is 1. The lowest BCUT2D eigenvalue weighted by Crippen LogP contribution is -2.35. The maximum Gasteiger partial charge on any atom is 0.354 e. The highest BCUT2D eigenvalue weighted by atomic mass is 16.4. The van der Waals surface area contributed by atoms with E-state index in [9.17, 15) is 20.1 Å². The minimum absolute atomic E-state index is 0.0314. The minimum atomic E-state index is -1.37. The molecule has 5 rings (SSSR count). The van der Waals surface area contributed by atoms with E-state index in [1.165, 1.54) is 24.7 Å². The van der Waals surface area contributed by atoms with Crippen LogP contribution in [0.25, 0.3) is 11.1 Å². The number of carboxylic acids is 1. The predicted molar refractivity (Wildman–Crippen MR) is 142 cm³/mol. The van der Waals surface area contributed by atoms with Crippen LogP contribution in [0, 0.1) is 0 Å². The lowest BCUT2D eigenvalue weighted by molar-refractivity contribution is 0.0602. The Morgan fingerprint density at radius 1 is 0.947 bits per heavy atom. The lowest BCUT2D eigenvalue weighted by Gasteiger charge is -2.16. The number of phenolic OH excluding ortho intramolecular Hbond substituents is 1. The summed E-state index contributed by atoms with van der Waals surface area (Å²) < 4.78 is 1.53. The van der Waals surface area contributed by atoms with Crippen molar-refractivity contribution in [3.8, 4) is 16.9 Å². The fraction of sp³-hybridized carbons (Fsp3) is 0.179. The lowest BCUT2D eigenvalue weighted by atomic mass is 9.93. The molecule has 2 heterocycles. The van der Waals surface area contributed by atoms with E-state index in [2.05, 4.69) is 38.7 Å². The molecular formula is C28H28N6O4. The van der Waals surface area contributed by atoms with Crippen LogP contribution in [0.4, 0.5) is 0 Å². The van der Waals surface area contributed by atoms with Gasteiger partial charge < -0.3 is 19.9 Å². The Bertz CT molecular complexity index is 1500. The fourth-order valence-corrected chi connectivity index (χ4v) is 4.48. The molecule has 194 valence electrons. The maximum absolute atomic E-state index is 11.9. The summed E-state index contributed by atoms with van der Waals surface area (Å²) >= 11 is 0. The number of nitrogens with one attached hydrogen (secondary N) is 3. The third kappa shape index (κ3) is 5.22. The third-order valence-corrected chi connectivity index (χ3v) is 6.33. The number of rotatable bonds is 8. The molecule has 0 atom stereocenters. The molecule has 1 aliphatic heterocycles. The first-order valence-electron chi connectivity index (χ1n) is 12.0. The van der Waals surface area contributed by atoms with Gasteiger partial charge in [-0.1, -0.05) is 54.6 Å². The van der Waals surface area contributed by atoms with E-state index < -0.39 is 11.6 Å². The van der Waals surface area contributed by atoms with Crippen molar-refractivity contribution in [3.05, 3.63) is 107 Å². The summed E-state index contributed by atoms with van der Waals surface area (Å²) in [5.74, 6) is -0.250. The van der Waals surface area contributed by atoms with Gasteiger partial charge in [0, 0.05) is 12.1 Å². The number of hydrogen-bond donors (Lipinski definition) is 6. The van der Waals surface area contributed by atoms with Crippen LogP contribution in [0.5, 0.6) is 5.75 Å². The van der Waals surface area contributed by atoms with Crippen LogP contribution in [0.2, 0.25) is 0 Å². The van der Waals surface area contributed by atoms with E-state index in [1.807, 2.05) is 42.5 Å². The van der Waals surface area contributed by atoms with Gasteiger partial charge in [0.05, 0.1) is 6.33 Å². The van der Waals surface area contributed by atoms with Gasteiger partial charge in [-0.2, -0.15) is 0 Å². The Hall–Kier alpha value is -4.67. The first-order valence-corrected chi connectivity index (χ1v) is 12.0. The molecule has 10 nitrogen and oxygen atoms in total. The average molecular weight is 513 g/mol. The second-order valence-electron chi connectivity index (χ2n) is 9.68. The van der Waals surface area contributed by atoms with Crippen LogP contribution in [0.3, 0.4) is 0 Å². The highest BCUT2D eigenvalue weighted by molar-refractivity contribution is 6.04. The Morgan fingerprint density at radius 2 is 1.63 bits per heavy atom. The van der Waals surface area contributed by atoms with E-state index in [0.717, 1.165) is 33.4 Å². The zero-order valence-corrected chi connectivity index (χ0v) is 20.9. The first-order chi connectivity index (χ1) is 18.2. The Morgan fingerprint density at radius 3 is 2.26 bits per heavy atom. The molecule has 6 N–H and O–H groups in total. The topological polar surface area (TPSA) is 144 Å². The molecule has 4 aromatic rings. The molecule has 0 saturated heterocycles. The number of hydrogen-bond acceptors (Lipinski definition) is 8. The number of amidine groups is 1. The highest BCUT2D eigenvalue weighted by Gasteiger charge is 2.29. The summed E-state index contributed by atoms with van der Waals surface area (Å²) in [4.78, 5) is 16.1. The average Bonchev–Trinajstić information content (AvgIpc) is 3.56. The van der Waals surface area contributed by atoms with Crippen LogP contribution in [0.15, 0.2) is 78.2 Å². The van der Waals surface area contributed by atoms with E-state index in [0.29, 0.717) is 18.8 Å². The van der Waals surface area contributed by atoms with Crippen molar-refractivity contribution in [2.24, 2.45) is 5.10 Å². The number of hydrazine groups is 2. The van der Waals surface area contributed by atoms with Crippen molar-refractivity contribution >= 4 is 11.8 Å². The number of benzene rings is 3. The molecule has 0 bridgehead atoms. The Kier molecular flexibility index (Phi) is 6.58. The van der Waals surface area contributed by atoms with Crippen LogP contribution in [-0.4, -0.2) is 36.7 Å². The van der Waals surface area contributed by atoms with E-state index >= 15 is 0 Å². The molecule has 3 aromatic carbocycles. The van der Waals surface area contributed by atoms with Gasteiger partial charge in [-0.05, 0) is 60.2 Å². The molecule has 1 aliphatic rings. The molecule has 0 saturated carbocycles. The van der Waals surface area contributed by atoms with E-state index in [1.54, 1.807) is 12.1 Å². The van der Waals surface area contributed by atoms with Gasteiger partial charge in [-0.15, -0.1) is 10.6 Å². The van der Waals surface area contributed by atoms with E-state index in [-0.39, 0.29) is 17.1 Å². The smallest absolute Gasteiger partial charge is 0.354 e. The number of carboxylic acid groups (broad SMARTS) is 1. The summed E-state index contributed by atoms with van der Waals surface area (Å²) in [7, 11) is 0. The van der Waals surface area contributed by atoms with Crippen LogP contribution < -0.4 is 16.5 Å². The SMILES string of the molecule is CC(C)(O)c1ncn(Cc2ccc(-c3cc(Cc4ccc(O)cc4)ccc3C3=NNNN3)cc2)c1C(=O)O. The highest BCUT2D eigenvalue weighted by Crippen LogP contribution is 2.28.